The van der Waals surface area contributed by atoms with Gasteiger partial charge in [-0.05, 0) is 79.8 Å². The van der Waals surface area contributed by atoms with Crippen LogP contribution in [0.1, 0.15) is 91.8 Å². The van der Waals surface area contributed by atoms with E-state index in [1.165, 1.54) is 6.08 Å². The monoisotopic (exact) mass is 788 g/mol. The Balaban J connectivity index is 1.80. The number of esters is 1. The number of ether oxygens (including phenoxy) is 4. The first-order chi connectivity index (χ1) is 25.6. The Hall–Kier alpha value is -2.90. The topological polar surface area (TPSA) is 72.5 Å². The SMILES string of the molecule is CCOC(=O)/C=C/C1(CCOC(c2ccccc2)(c2ccccc2)c2ccccc2)OC(C)(C)O[C@@H]1C[C@H](CO[Si](C)(C)C(C)(C)C)O[Si](C)(C)C(C)(C)C. The molecule has 7 nitrogen and oxygen atoms in total. The van der Waals surface area contributed by atoms with E-state index in [1.807, 2.05) is 74.5 Å². The molecule has 1 saturated heterocycles. The fourth-order valence-corrected chi connectivity index (χ4v) is 9.09. The molecule has 1 aliphatic heterocycles. The quantitative estimate of drug-likeness (QED) is 0.0584. The molecule has 0 aromatic heterocycles. The lowest BCUT2D eigenvalue weighted by Gasteiger charge is -2.43. The third-order valence-corrected chi connectivity index (χ3v) is 20.8. The predicted molar refractivity (Wildman–Crippen MR) is 228 cm³/mol. The number of carbonyl (C=O) groups excluding carboxylic acids is 1. The van der Waals surface area contributed by atoms with Crippen molar-refractivity contribution in [3.63, 3.8) is 0 Å². The van der Waals surface area contributed by atoms with Crippen LogP contribution in [-0.4, -0.2) is 66.0 Å². The maximum absolute atomic E-state index is 13.0. The summed E-state index contributed by atoms with van der Waals surface area (Å²) in [6, 6.07) is 31.0. The van der Waals surface area contributed by atoms with Gasteiger partial charge in [0.1, 0.15) is 11.2 Å². The number of benzene rings is 3. The lowest BCUT2D eigenvalue weighted by Crippen LogP contribution is -2.50. The van der Waals surface area contributed by atoms with Gasteiger partial charge in [0.15, 0.2) is 22.4 Å². The largest absolute Gasteiger partial charge is 0.463 e. The van der Waals surface area contributed by atoms with Gasteiger partial charge in [0.2, 0.25) is 0 Å². The van der Waals surface area contributed by atoms with Gasteiger partial charge in [-0.3, -0.25) is 0 Å². The Labute approximate surface area is 334 Å². The zero-order chi connectivity index (χ0) is 40.8. The minimum Gasteiger partial charge on any atom is -0.463 e. The highest BCUT2D eigenvalue weighted by molar-refractivity contribution is 6.74. The summed E-state index contributed by atoms with van der Waals surface area (Å²) in [5.41, 5.74) is 1.04. The van der Waals surface area contributed by atoms with E-state index in [2.05, 4.69) is 104 Å². The van der Waals surface area contributed by atoms with Crippen LogP contribution in [0, 0.1) is 0 Å². The van der Waals surface area contributed by atoms with Gasteiger partial charge >= 0.3 is 5.97 Å². The normalized spacial score (nSPS) is 20.1. The maximum Gasteiger partial charge on any atom is 0.330 e. The molecule has 3 aromatic carbocycles. The lowest BCUT2D eigenvalue weighted by atomic mass is 9.80. The summed E-state index contributed by atoms with van der Waals surface area (Å²) < 4.78 is 40.5. The van der Waals surface area contributed by atoms with Crippen LogP contribution >= 0.6 is 0 Å². The van der Waals surface area contributed by atoms with Crippen LogP contribution in [0.5, 0.6) is 0 Å². The van der Waals surface area contributed by atoms with Crippen LogP contribution in [0.15, 0.2) is 103 Å². The molecule has 0 bridgehead atoms. The second kappa shape index (κ2) is 17.7. The second-order valence-electron chi connectivity index (χ2n) is 18.3. The summed E-state index contributed by atoms with van der Waals surface area (Å²) >= 11 is 0. The molecule has 0 spiro atoms. The maximum atomic E-state index is 13.0. The molecule has 3 atom stereocenters. The minimum atomic E-state index is -2.25. The molecule has 3 aromatic rings. The summed E-state index contributed by atoms with van der Waals surface area (Å²) in [6.45, 7) is 29.3. The Bertz CT molecular complexity index is 1580. The third kappa shape index (κ3) is 10.9. The molecule has 55 heavy (non-hydrogen) atoms. The van der Waals surface area contributed by atoms with Gasteiger partial charge in [-0.1, -0.05) is 133 Å². The first-order valence-electron chi connectivity index (χ1n) is 19.9. The highest BCUT2D eigenvalue weighted by atomic mass is 28.4. The Morgan fingerprint density at radius 1 is 0.782 bits per heavy atom. The average Bonchev–Trinajstić information content (AvgIpc) is 3.37. The van der Waals surface area contributed by atoms with E-state index in [4.69, 9.17) is 27.8 Å². The first-order valence-corrected chi connectivity index (χ1v) is 25.8. The molecule has 302 valence electrons. The van der Waals surface area contributed by atoms with Crippen LogP contribution in [0.3, 0.4) is 0 Å². The van der Waals surface area contributed by atoms with Crippen molar-refractivity contribution in [2.45, 2.75) is 141 Å². The summed E-state index contributed by atoms with van der Waals surface area (Å²) in [7, 11) is -4.37. The molecule has 0 radical (unpaired) electrons. The van der Waals surface area contributed by atoms with Gasteiger partial charge in [0.25, 0.3) is 0 Å². The van der Waals surface area contributed by atoms with Crippen LogP contribution in [0.25, 0.3) is 0 Å². The van der Waals surface area contributed by atoms with E-state index < -0.39 is 45.7 Å². The van der Waals surface area contributed by atoms with Gasteiger partial charge in [-0.25, -0.2) is 4.79 Å². The molecule has 1 fully saturated rings. The molecule has 0 amide bonds. The third-order valence-electron chi connectivity index (χ3n) is 11.7. The van der Waals surface area contributed by atoms with Crippen molar-refractivity contribution in [2.75, 3.05) is 19.8 Å². The summed E-state index contributed by atoms with van der Waals surface area (Å²) in [6.07, 6.45) is 3.44. The molecule has 1 aliphatic rings. The zero-order valence-electron chi connectivity index (χ0n) is 35.9. The summed E-state index contributed by atoms with van der Waals surface area (Å²) in [4.78, 5) is 13.0. The zero-order valence-corrected chi connectivity index (χ0v) is 37.9. The second-order valence-corrected chi connectivity index (χ2v) is 27.9. The molecule has 0 N–H and O–H groups in total. The average molecular weight is 789 g/mol. The Morgan fingerprint density at radius 2 is 1.25 bits per heavy atom. The van der Waals surface area contributed by atoms with Crippen LogP contribution in [0.2, 0.25) is 36.3 Å². The minimum absolute atomic E-state index is 0.0150. The van der Waals surface area contributed by atoms with E-state index in [9.17, 15) is 4.79 Å². The van der Waals surface area contributed by atoms with Crippen LogP contribution in [0.4, 0.5) is 0 Å². The van der Waals surface area contributed by atoms with Crippen molar-refractivity contribution in [2.24, 2.45) is 0 Å². The van der Waals surface area contributed by atoms with Crippen molar-refractivity contribution in [1.29, 1.82) is 0 Å². The molecule has 1 heterocycles. The summed E-state index contributed by atoms with van der Waals surface area (Å²) in [5.74, 6) is -1.39. The molecule has 1 unspecified atom stereocenters. The van der Waals surface area contributed by atoms with Gasteiger partial charge in [0.05, 0.1) is 32.0 Å². The Morgan fingerprint density at radius 3 is 1.69 bits per heavy atom. The number of hydrogen-bond acceptors (Lipinski definition) is 7. The van der Waals surface area contributed by atoms with Gasteiger partial charge in [-0.15, -0.1) is 0 Å². The van der Waals surface area contributed by atoms with Crippen LogP contribution in [-0.2, 0) is 38.2 Å². The van der Waals surface area contributed by atoms with Crippen molar-refractivity contribution < 1.29 is 32.6 Å². The molecule has 4 rings (SSSR count). The molecule has 9 heteroatoms. The summed E-state index contributed by atoms with van der Waals surface area (Å²) in [5, 5.41) is 0.0225. The van der Waals surface area contributed by atoms with Gasteiger partial charge < -0.3 is 27.8 Å². The fourth-order valence-electron chi connectivity index (χ4n) is 6.71. The van der Waals surface area contributed by atoms with E-state index in [0.29, 0.717) is 19.4 Å². The highest BCUT2D eigenvalue weighted by Gasteiger charge is 2.54. The first kappa shape index (κ1) is 44.8. The van der Waals surface area contributed by atoms with Crippen LogP contribution < -0.4 is 0 Å². The highest BCUT2D eigenvalue weighted by Crippen LogP contribution is 2.46. The smallest absolute Gasteiger partial charge is 0.330 e. The number of carbonyl (C=O) groups is 1. The number of hydrogen-bond donors (Lipinski definition) is 0. The molecular weight excluding hydrogens is 721 g/mol. The van der Waals surface area contributed by atoms with E-state index in [1.54, 1.807) is 6.92 Å². The van der Waals surface area contributed by atoms with Gasteiger partial charge in [-0.2, -0.15) is 0 Å². The molecule has 0 aliphatic carbocycles. The van der Waals surface area contributed by atoms with E-state index >= 15 is 0 Å². The predicted octanol–water partition coefficient (Wildman–Crippen LogP) is 11.2. The standard InChI is InChI=1S/C46H68O7Si2/c1-14-48-41(47)30-31-45(32-33-49-46(36-24-18-15-19-25-36,37-26-20-16-21-27-37)38-28-22-17-23-29-38)40(51-44(8,9)53-45)34-39(52-55(12,13)43(5,6)7)35-50-54(10,11)42(2,3)4/h15-31,39-40H,14,32-35H2,1-13H3/b31-30+/t39-,40-,45?/m1/s1. The number of rotatable bonds is 17. The Kier molecular flexibility index (Phi) is 14.4. The van der Waals surface area contributed by atoms with E-state index in [-0.39, 0.29) is 29.4 Å². The van der Waals surface area contributed by atoms with E-state index in [0.717, 1.165) is 16.7 Å². The lowest BCUT2D eigenvalue weighted by molar-refractivity contribution is -0.160. The van der Waals surface area contributed by atoms with Crippen molar-refractivity contribution in [1.82, 2.24) is 0 Å². The van der Waals surface area contributed by atoms with Crippen molar-refractivity contribution in [3.05, 3.63) is 120 Å². The van der Waals surface area contributed by atoms with Crippen molar-refractivity contribution in [3.8, 4) is 0 Å². The van der Waals surface area contributed by atoms with Gasteiger partial charge in [0, 0.05) is 18.9 Å². The molecular formula is C46H68O7Si2. The fraction of sp³-hybridized carbons (Fsp3) is 0.543. The van der Waals surface area contributed by atoms with Crippen molar-refractivity contribution >= 4 is 22.6 Å². The molecule has 0 saturated carbocycles.